The van der Waals surface area contributed by atoms with Crippen LogP contribution in [0.2, 0.25) is 0 Å². The highest BCUT2D eigenvalue weighted by Gasteiger charge is 2.46. The number of urea groups is 1. The fourth-order valence-electron chi connectivity index (χ4n) is 2.33. The number of H-pyrrole nitrogens is 1. The second-order valence-corrected chi connectivity index (χ2v) is 5.27. The van der Waals surface area contributed by atoms with E-state index in [-0.39, 0.29) is 5.91 Å². The SMILES string of the molecule is CC[C@@]1(C)NC(=O)N(/N=C\c2c[nH]c3ccccc23)C1=O. The maximum atomic E-state index is 12.2. The lowest BCUT2D eigenvalue weighted by Gasteiger charge is -2.17. The first-order valence-electron chi connectivity index (χ1n) is 6.82. The Labute approximate surface area is 121 Å². The van der Waals surface area contributed by atoms with E-state index >= 15 is 0 Å². The van der Waals surface area contributed by atoms with Gasteiger partial charge in [0.05, 0.1) is 6.21 Å². The van der Waals surface area contributed by atoms with Gasteiger partial charge in [-0.3, -0.25) is 4.79 Å². The van der Waals surface area contributed by atoms with Crippen LogP contribution in [0.1, 0.15) is 25.8 Å². The lowest BCUT2D eigenvalue weighted by Crippen LogP contribution is -2.42. The molecule has 6 nitrogen and oxygen atoms in total. The number of aromatic amines is 1. The van der Waals surface area contributed by atoms with Gasteiger partial charge in [0, 0.05) is 22.7 Å². The van der Waals surface area contributed by atoms with Crippen molar-refractivity contribution in [2.45, 2.75) is 25.8 Å². The summed E-state index contributed by atoms with van der Waals surface area (Å²) in [6, 6.07) is 7.28. The van der Waals surface area contributed by atoms with Crippen LogP contribution in [-0.4, -0.2) is 33.7 Å². The van der Waals surface area contributed by atoms with Gasteiger partial charge in [0.2, 0.25) is 0 Å². The number of carbonyl (C=O) groups is 2. The lowest BCUT2D eigenvalue weighted by molar-refractivity contribution is -0.130. The fraction of sp³-hybridized carbons (Fsp3) is 0.267. The number of carbonyl (C=O) groups excluding carboxylic acids is 2. The molecule has 0 bridgehead atoms. The van der Waals surface area contributed by atoms with Crippen molar-refractivity contribution in [2.75, 3.05) is 0 Å². The summed E-state index contributed by atoms with van der Waals surface area (Å²) < 4.78 is 0. The molecule has 2 heterocycles. The Morgan fingerprint density at radius 2 is 2.10 bits per heavy atom. The standard InChI is InChI=1S/C15H16N4O2/c1-3-15(2)13(20)19(14(21)18-15)17-9-10-8-16-12-7-5-4-6-11(10)12/h4-9,16H,3H2,1-2H3,(H,18,21)/b17-9-/t15-/m1/s1. The molecule has 1 atom stereocenters. The molecule has 3 amide bonds. The molecule has 1 aliphatic heterocycles. The first-order chi connectivity index (χ1) is 10.0. The Kier molecular flexibility index (Phi) is 3.01. The van der Waals surface area contributed by atoms with Gasteiger partial charge in [-0.05, 0) is 19.4 Å². The summed E-state index contributed by atoms with van der Waals surface area (Å²) >= 11 is 0. The normalized spacial score (nSPS) is 22.5. The maximum absolute atomic E-state index is 12.2. The van der Waals surface area contributed by atoms with E-state index in [1.54, 1.807) is 13.1 Å². The number of nitrogens with zero attached hydrogens (tertiary/aromatic N) is 2. The first kappa shape index (κ1) is 13.4. The van der Waals surface area contributed by atoms with Crippen LogP contribution in [-0.2, 0) is 4.79 Å². The third-order valence-electron chi connectivity index (χ3n) is 3.88. The van der Waals surface area contributed by atoms with Crippen molar-refractivity contribution in [1.29, 1.82) is 0 Å². The zero-order valence-electron chi connectivity index (χ0n) is 11.9. The average Bonchev–Trinajstić information content (AvgIpc) is 2.98. The van der Waals surface area contributed by atoms with Gasteiger partial charge in [0.15, 0.2) is 0 Å². The molecule has 3 rings (SSSR count). The van der Waals surface area contributed by atoms with E-state index in [2.05, 4.69) is 15.4 Å². The van der Waals surface area contributed by atoms with Gasteiger partial charge in [-0.25, -0.2) is 4.79 Å². The number of para-hydroxylation sites is 1. The largest absolute Gasteiger partial charge is 0.361 e. The van der Waals surface area contributed by atoms with E-state index in [0.717, 1.165) is 21.5 Å². The molecule has 1 aliphatic rings. The van der Waals surface area contributed by atoms with Crippen LogP contribution in [0.4, 0.5) is 4.79 Å². The van der Waals surface area contributed by atoms with Crippen molar-refractivity contribution in [1.82, 2.24) is 15.3 Å². The number of aromatic nitrogens is 1. The van der Waals surface area contributed by atoms with Crippen molar-refractivity contribution in [2.24, 2.45) is 5.10 Å². The molecule has 0 radical (unpaired) electrons. The topological polar surface area (TPSA) is 77.6 Å². The number of hydrazone groups is 1. The number of rotatable bonds is 3. The second-order valence-electron chi connectivity index (χ2n) is 5.27. The van der Waals surface area contributed by atoms with E-state index in [0.29, 0.717) is 6.42 Å². The summed E-state index contributed by atoms with van der Waals surface area (Å²) in [6.07, 6.45) is 3.85. The van der Waals surface area contributed by atoms with Crippen LogP contribution in [0.3, 0.4) is 0 Å². The quantitative estimate of drug-likeness (QED) is 0.669. The van der Waals surface area contributed by atoms with Gasteiger partial charge in [-0.2, -0.15) is 5.10 Å². The average molecular weight is 284 g/mol. The third-order valence-corrected chi connectivity index (χ3v) is 3.88. The monoisotopic (exact) mass is 284 g/mol. The molecule has 1 saturated heterocycles. The number of fused-ring (bicyclic) bond motifs is 1. The zero-order chi connectivity index (χ0) is 15.0. The van der Waals surface area contributed by atoms with Crippen LogP contribution in [0.5, 0.6) is 0 Å². The van der Waals surface area contributed by atoms with Gasteiger partial charge in [-0.1, -0.05) is 25.1 Å². The molecule has 0 aliphatic carbocycles. The van der Waals surface area contributed by atoms with Crippen LogP contribution in [0, 0.1) is 0 Å². The van der Waals surface area contributed by atoms with Crippen molar-refractivity contribution in [3.05, 3.63) is 36.0 Å². The fourth-order valence-corrected chi connectivity index (χ4v) is 2.33. The predicted octanol–water partition coefficient (Wildman–Crippen LogP) is 2.22. The number of benzene rings is 1. The zero-order valence-corrected chi connectivity index (χ0v) is 11.9. The van der Waals surface area contributed by atoms with Crippen LogP contribution >= 0.6 is 0 Å². The second kappa shape index (κ2) is 4.73. The van der Waals surface area contributed by atoms with E-state index in [1.165, 1.54) is 6.21 Å². The Bertz CT molecular complexity index is 749. The smallest absolute Gasteiger partial charge is 0.346 e. The number of imide groups is 1. The summed E-state index contributed by atoms with van der Waals surface area (Å²) in [5, 5.41) is 8.60. The van der Waals surface area contributed by atoms with Gasteiger partial charge in [0.25, 0.3) is 5.91 Å². The molecular formula is C15H16N4O2. The molecule has 0 saturated carbocycles. The van der Waals surface area contributed by atoms with Crippen LogP contribution in [0.15, 0.2) is 35.6 Å². The highest BCUT2D eigenvalue weighted by atomic mass is 16.2. The summed E-state index contributed by atoms with van der Waals surface area (Å²) in [5.41, 5.74) is 0.945. The number of amides is 3. The third kappa shape index (κ3) is 2.08. The van der Waals surface area contributed by atoms with Crippen molar-refractivity contribution in [3.8, 4) is 0 Å². The molecule has 1 fully saturated rings. The van der Waals surface area contributed by atoms with Crippen molar-refractivity contribution in [3.63, 3.8) is 0 Å². The summed E-state index contributed by atoms with van der Waals surface area (Å²) in [4.78, 5) is 27.2. The molecular weight excluding hydrogens is 268 g/mol. The van der Waals surface area contributed by atoms with Crippen molar-refractivity contribution >= 4 is 29.1 Å². The molecule has 2 N–H and O–H groups in total. The molecule has 0 spiro atoms. The van der Waals surface area contributed by atoms with E-state index in [1.807, 2.05) is 31.2 Å². The molecule has 1 aromatic heterocycles. The minimum Gasteiger partial charge on any atom is -0.361 e. The van der Waals surface area contributed by atoms with Crippen LogP contribution in [0.25, 0.3) is 10.9 Å². The van der Waals surface area contributed by atoms with Gasteiger partial charge < -0.3 is 10.3 Å². The molecule has 0 unspecified atom stereocenters. The Hall–Kier alpha value is -2.63. The van der Waals surface area contributed by atoms with Gasteiger partial charge in [-0.15, -0.1) is 5.01 Å². The molecule has 108 valence electrons. The summed E-state index contributed by atoms with van der Waals surface area (Å²) in [5.74, 6) is -0.328. The first-order valence-corrected chi connectivity index (χ1v) is 6.82. The van der Waals surface area contributed by atoms with Gasteiger partial charge >= 0.3 is 6.03 Å². The summed E-state index contributed by atoms with van der Waals surface area (Å²) in [6.45, 7) is 3.56. The molecule has 6 heteroatoms. The molecule has 1 aromatic carbocycles. The van der Waals surface area contributed by atoms with Crippen LogP contribution < -0.4 is 5.32 Å². The van der Waals surface area contributed by atoms with E-state index < -0.39 is 11.6 Å². The highest BCUT2D eigenvalue weighted by Crippen LogP contribution is 2.21. The number of nitrogens with one attached hydrogen (secondary N) is 2. The Morgan fingerprint density at radius 1 is 1.33 bits per heavy atom. The number of hydrogen-bond acceptors (Lipinski definition) is 3. The molecule has 21 heavy (non-hydrogen) atoms. The lowest BCUT2D eigenvalue weighted by atomic mass is 10.00. The molecule has 2 aromatic rings. The minimum atomic E-state index is -0.866. The van der Waals surface area contributed by atoms with E-state index in [9.17, 15) is 9.59 Å². The highest BCUT2D eigenvalue weighted by molar-refractivity contribution is 6.07. The predicted molar refractivity (Wildman–Crippen MR) is 80.0 cm³/mol. The Morgan fingerprint density at radius 3 is 2.81 bits per heavy atom. The minimum absolute atomic E-state index is 0.328. The number of hydrogen-bond donors (Lipinski definition) is 2. The maximum Gasteiger partial charge on any atom is 0.346 e. The van der Waals surface area contributed by atoms with Gasteiger partial charge in [0.1, 0.15) is 5.54 Å². The van der Waals surface area contributed by atoms with E-state index in [4.69, 9.17) is 0 Å². The van der Waals surface area contributed by atoms with Crippen molar-refractivity contribution < 1.29 is 9.59 Å². The summed E-state index contributed by atoms with van der Waals surface area (Å²) in [7, 11) is 0. The Balaban J connectivity index is 1.90.